The van der Waals surface area contributed by atoms with Crippen LogP contribution in [0.15, 0.2) is 12.0 Å². The van der Waals surface area contributed by atoms with Crippen LogP contribution in [-0.2, 0) is 9.53 Å². The largest absolute Gasteiger partial charge is 0.489 e. The quantitative estimate of drug-likeness (QED) is 0.249. The van der Waals surface area contributed by atoms with Gasteiger partial charge in [-0.3, -0.25) is 4.79 Å². The van der Waals surface area contributed by atoms with Crippen molar-refractivity contribution in [3.05, 3.63) is 12.0 Å². The molecule has 0 aromatic carbocycles. The zero-order chi connectivity index (χ0) is 12.2. The van der Waals surface area contributed by atoms with Gasteiger partial charge in [-0.05, 0) is 6.42 Å². The molecule has 0 fully saturated rings. The van der Waals surface area contributed by atoms with Gasteiger partial charge in [-0.25, -0.2) is 0 Å². The lowest BCUT2D eigenvalue weighted by Crippen LogP contribution is -2.06. The summed E-state index contributed by atoms with van der Waals surface area (Å²) < 4.78 is 5.36. The second-order valence-corrected chi connectivity index (χ2v) is 4.23. The van der Waals surface area contributed by atoms with E-state index in [4.69, 9.17) is 4.74 Å². The van der Waals surface area contributed by atoms with Crippen molar-refractivity contribution in [1.82, 2.24) is 4.90 Å². The van der Waals surface area contributed by atoms with Crippen LogP contribution in [0.1, 0.15) is 45.4 Å². The van der Waals surface area contributed by atoms with E-state index in [2.05, 4.69) is 6.92 Å². The van der Waals surface area contributed by atoms with Crippen molar-refractivity contribution in [2.24, 2.45) is 0 Å². The Kier molecular flexibility index (Phi) is 9.87. The number of carbonyl (C=O) groups is 1. The van der Waals surface area contributed by atoms with Crippen molar-refractivity contribution >= 4 is 6.29 Å². The summed E-state index contributed by atoms with van der Waals surface area (Å²) in [5, 5.41) is 0. The molecule has 0 aliphatic heterocycles. The molecule has 0 rings (SSSR count). The minimum absolute atomic E-state index is 0.415. The minimum Gasteiger partial charge on any atom is -0.489 e. The van der Waals surface area contributed by atoms with Crippen molar-refractivity contribution in [3.63, 3.8) is 0 Å². The van der Waals surface area contributed by atoms with E-state index in [0.717, 1.165) is 12.7 Å². The minimum atomic E-state index is 0.415. The smallest absolute Gasteiger partial charge is 0.186 e. The highest BCUT2D eigenvalue weighted by atomic mass is 16.5. The van der Waals surface area contributed by atoms with Gasteiger partial charge in [-0.15, -0.1) is 0 Å². The van der Waals surface area contributed by atoms with Gasteiger partial charge in [-0.1, -0.05) is 39.0 Å². The molecular formula is C13H25NO2. The summed E-state index contributed by atoms with van der Waals surface area (Å²) in [5.41, 5.74) is 0. The van der Waals surface area contributed by atoms with Gasteiger partial charge in [0.1, 0.15) is 0 Å². The summed E-state index contributed by atoms with van der Waals surface area (Å²) in [4.78, 5) is 12.4. The predicted octanol–water partition coefficient (Wildman–Crippen LogP) is 2.97. The maximum absolute atomic E-state index is 10.6. The maximum Gasteiger partial charge on any atom is 0.186 e. The van der Waals surface area contributed by atoms with Crippen molar-refractivity contribution in [2.75, 3.05) is 20.7 Å². The van der Waals surface area contributed by atoms with Crippen LogP contribution in [0.5, 0.6) is 0 Å². The molecule has 0 aliphatic rings. The fourth-order valence-corrected chi connectivity index (χ4v) is 1.43. The average Bonchev–Trinajstić information content (AvgIpc) is 2.25. The highest BCUT2D eigenvalue weighted by Crippen LogP contribution is 2.06. The van der Waals surface area contributed by atoms with Crippen LogP contribution in [0.25, 0.3) is 0 Å². The van der Waals surface area contributed by atoms with Gasteiger partial charge in [-0.2, -0.15) is 0 Å². The molecule has 0 amide bonds. The lowest BCUT2D eigenvalue weighted by Gasteiger charge is -2.09. The number of ether oxygens (including phenoxy) is 1. The Morgan fingerprint density at radius 1 is 1.12 bits per heavy atom. The summed E-state index contributed by atoms with van der Waals surface area (Å²) in [6, 6.07) is 0. The van der Waals surface area contributed by atoms with E-state index in [1.807, 2.05) is 19.0 Å². The number of hydrogen-bond acceptors (Lipinski definition) is 3. The van der Waals surface area contributed by atoms with Crippen LogP contribution < -0.4 is 0 Å². The van der Waals surface area contributed by atoms with Gasteiger partial charge < -0.3 is 9.64 Å². The first-order valence-corrected chi connectivity index (χ1v) is 6.17. The first-order chi connectivity index (χ1) is 7.70. The van der Waals surface area contributed by atoms with Crippen LogP contribution in [0.2, 0.25) is 0 Å². The number of aldehydes is 1. The number of unbranched alkanes of at least 4 members (excludes halogenated alkanes) is 5. The SMILES string of the molecule is CCCCCCCCOC(C=O)=CN(C)C. The van der Waals surface area contributed by atoms with Crippen LogP contribution >= 0.6 is 0 Å². The highest BCUT2D eigenvalue weighted by molar-refractivity contribution is 5.69. The monoisotopic (exact) mass is 227 g/mol. The number of carbonyl (C=O) groups excluding carboxylic acids is 1. The van der Waals surface area contributed by atoms with Crippen molar-refractivity contribution in [2.45, 2.75) is 45.4 Å². The third-order valence-corrected chi connectivity index (χ3v) is 2.27. The van der Waals surface area contributed by atoms with Gasteiger partial charge in [0, 0.05) is 20.3 Å². The Morgan fingerprint density at radius 3 is 2.31 bits per heavy atom. The Labute approximate surface area is 99.5 Å². The highest BCUT2D eigenvalue weighted by Gasteiger charge is 1.97. The van der Waals surface area contributed by atoms with Crippen molar-refractivity contribution in [3.8, 4) is 0 Å². The fourth-order valence-electron chi connectivity index (χ4n) is 1.43. The van der Waals surface area contributed by atoms with E-state index in [9.17, 15) is 4.79 Å². The molecule has 0 atom stereocenters. The van der Waals surface area contributed by atoms with E-state index in [0.29, 0.717) is 12.4 Å². The standard InChI is InChI=1S/C13H25NO2/c1-4-5-6-7-8-9-10-16-13(12-15)11-14(2)3/h11-12H,4-10H2,1-3H3. The number of rotatable bonds is 10. The summed E-state index contributed by atoms with van der Waals surface area (Å²) in [5.74, 6) is 0.415. The normalized spacial score (nSPS) is 11.3. The molecule has 0 aromatic heterocycles. The molecule has 0 bridgehead atoms. The number of hydrogen-bond donors (Lipinski definition) is 0. The topological polar surface area (TPSA) is 29.5 Å². The molecule has 16 heavy (non-hydrogen) atoms. The maximum atomic E-state index is 10.6. The Morgan fingerprint density at radius 2 is 1.75 bits per heavy atom. The molecule has 0 radical (unpaired) electrons. The summed E-state index contributed by atoms with van der Waals surface area (Å²) in [7, 11) is 3.75. The third-order valence-electron chi connectivity index (χ3n) is 2.27. The third kappa shape index (κ3) is 9.56. The molecular weight excluding hydrogens is 202 g/mol. The molecule has 94 valence electrons. The number of allylic oxidation sites excluding steroid dienone is 1. The Hall–Kier alpha value is -0.990. The summed E-state index contributed by atoms with van der Waals surface area (Å²) in [6.07, 6.45) is 9.85. The zero-order valence-corrected chi connectivity index (χ0v) is 10.9. The summed E-state index contributed by atoms with van der Waals surface area (Å²) in [6.45, 7) is 2.86. The molecule has 0 spiro atoms. The predicted molar refractivity (Wildman–Crippen MR) is 67.2 cm³/mol. The van der Waals surface area contributed by atoms with Gasteiger partial charge in [0.15, 0.2) is 12.0 Å². The van der Waals surface area contributed by atoms with Gasteiger partial charge >= 0.3 is 0 Å². The molecule has 0 unspecified atom stereocenters. The first kappa shape index (κ1) is 15.0. The first-order valence-electron chi connectivity index (χ1n) is 6.17. The van der Waals surface area contributed by atoms with Crippen LogP contribution in [-0.4, -0.2) is 31.9 Å². The lowest BCUT2D eigenvalue weighted by atomic mass is 10.1. The fraction of sp³-hybridized carbons (Fsp3) is 0.769. The molecule has 0 saturated carbocycles. The second kappa shape index (κ2) is 10.5. The molecule has 3 nitrogen and oxygen atoms in total. The van der Waals surface area contributed by atoms with E-state index in [1.165, 1.54) is 32.1 Å². The van der Waals surface area contributed by atoms with Crippen LogP contribution in [0.3, 0.4) is 0 Å². The molecule has 0 N–H and O–H groups in total. The van der Waals surface area contributed by atoms with Crippen molar-refractivity contribution < 1.29 is 9.53 Å². The van der Waals surface area contributed by atoms with Gasteiger partial charge in [0.05, 0.1) is 6.61 Å². The van der Waals surface area contributed by atoms with Gasteiger partial charge in [0.25, 0.3) is 0 Å². The molecule has 0 aromatic rings. The molecule has 0 saturated heterocycles. The molecule has 0 aliphatic carbocycles. The van der Waals surface area contributed by atoms with Crippen LogP contribution in [0.4, 0.5) is 0 Å². The second-order valence-electron chi connectivity index (χ2n) is 4.23. The van der Waals surface area contributed by atoms with E-state index >= 15 is 0 Å². The summed E-state index contributed by atoms with van der Waals surface area (Å²) >= 11 is 0. The van der Waals surface area contributed by atoms with E-state index < -0.39 is 0 Å². The molecule has 0 heterocycles. The van der Waals surface area contributed by atoms with Gasteiger partial charge in [0.2, 0.25) is 0 Å². The zero-order valence-electron chi connectivity index (χ0n) is 10.9. The lowest BCUT2D eigenvalue weighted by molar-refractivity contribution is -0.108. The Bertz CT molecular complexity index is 200. The van der Waals surface area contributed by atoms with E-state index in [-0.39, 0.29) is 0 Å². The Balaban J connectivity index is 3.45. The molecule has 3 heteroatoms. The number of nitrogens with zero attached hydrogens (tertiary/aromatic N) is 1. The van der Waals surface area contributed by atoms with Crippen molar-refractivity contribution in [1.29, 1.82) is 0 Å². The van der Waals surface area contributed by atoms with Crippen LogP contribution in [0, 0.1) is 0 Å². The van der Waals surface area contributed by atoms with E-state index in [1.54, 1.807) is 6.20 Å². The average molecular weight is 227 g/mol.